The van der Waals surface area contributed by atoms with Crippen molar-refractivity contribution in [3.8, 4) is 0 Å². The Morgan fingerprint density at radius 1 is 1.44 bits per heavy atom. The summed E-state index contributed by atoms with van der Waals surface area (Å²) in [6.45, 7) is 2.52. The first-order valence-electron chi connectivity index (χ1n) is 6.63. The van der Waals surface area contributed by atoms with E-state index in [0.717, 1.165) is 16.6 Å². The van der Waals surface area contributed by atoms with E-state index in [1.807, 2.05) is 24.8 Å². The molecule has 1 aromatic heterocycles. The van der Waals surface area contributed by atoms with Crippen molar-refractivity contribution >= 4 is 16.9 Å². The Kier molecular flexibility index (Phi) is 3.33. The monoisotopic (exact) mass is 265 g/mol. The summed E-state index contributed by atoms with van der Waals surface area (Å²) < 4.78 is 5.04. The molecule has 1 saturated heterocycles. The van der Waals surface area contributed by atoms with Crippen LogP contribution < -0.4 is 5.32 Å². The zero-order valence-corrected chi connectivity index (χ0v) is 11.6. The molecule has 3 rings (SSSR count). The number of aryl methyl sites for hydroxylation is 1. The van der Waals surface area contributed by atoms with Crippen molar-refractivity contribution in [1.82, 2.24) is 10.5 Å². The standard InChI is InChI=1S/C13H19N3OS/c1-10-7-11(16-17-10)8-14-12-15-13(9-18-12)5-3-2-4-6-13/h7H,2-6,8-9H2,1H3,(H,14,15). The Bertz CT molecular complexity index is 449. The molecule has 0 bridgehead atoms. The average Bonchev–Trinajstić information content (AvgIpc) is 2.96. The van der Waals surface area contributed by atoms with Crippen molar-refractivity contribution in [2.75, 3.05) is 5.75 Å². The second-order valence-corrected chi connectivity index (χ2v) is 6.27. The molecule has 2 aliphatic rings. The largest absolute Gasteiger partial charge is 0.361 e. The van der Waals surface area contributed by atoms with Crippen molar-refractivity contribution < 1.29 is 4.52 Å². The topological polar surface area (TPSA) is 50.4 Å². The normalized spacial score (nSPS) is 24.6. The Labute approximate surface area is 112 Å². The van der Waals surface area contributed by atoms with E-state index in [-0.39, 0.29) is 0 Å². The van der Waals surface area contributed by atoms with Gasteiger partial charge in [0.05, 0.1) is 6.54 Å². The summed E-state index contributed by atoms with van der Waals surface area (Å²) in [5.74, 6) is 2.02. The zero-order valence-electron chi connectivity index (χ0n) is 10.7. The Morgan fingerprint density at radius 3 is 3.00 bits per heavy atom. The van der Waals surface area contributed by atoms with Crippen molar-refractivity contribution in [2.24, 2.45) is 4.99 Å². The lowest BCUT2D eigenvalue weighted by molar-refractivity contribution is 0.303. The molecule has 0 amide bonds. The van der Waals surface area contributed by atoms with E-state index in [1.54, 1.807) is 0 Å². The van der Waals surface area contributed by atoms with Gasteiger partial charge in [-0.1, -0.05) is 36.2 Å². The Hall–Kier alpha value is -0.970. The first-order valence-corrected chi connectivity index (χ1v) is 7.62. The highest BCUT2D eigenvalue weighted by Crippen LogP contribution is 2.36. The van der Waals surface area contributed by atoms with Crippen LogP contribution in [0, 0.1) is 6.92 Å². The summed E-state index contributed by atoms with van der Waals surface area (Å²) in [5, 5.41) is 8.68. The van der Waals surface area contributed by atoms with Gasteiger partial charge in [0.1, 0.15) is 11.5 Å². The first kappa shape index (κ1) is 12.1. The number of aliphatic imine (C=N–C) groups is 1. The van der Waals surface area contributed by atoms with E-state index in [0.29, 0.717) is 12.1 Å². The predicted octanol–water partition coefficient (Wildman–Crippen LogP) is 2.88. The van der Waals surface area contributed by atoms with Gasteiger partial charge in [-0.2, -0.15) is 0 Å². The number of hydrogen-bond donors (Lipinski definition) is 1. The molecule has 0 atom stereocenters. The van der Waals surface area contributed by atoms with Gasteiger partial charge in [-0.3, -0.25) is 4.99 Å². The van der Waals surface area contributed by atoms with Gasteiger partial charge in [0, 0.05) is 17.4 Å². The molecule has 1 aliphatic carbocycles. The second kappa shape index (κ2) is 4.96. The van der Waals surface area contributed by atoms with Gasteiger partial charge >= 0.3 is 0 Å². The van der Waals surface area contributed by atoms with Crippen LogP contribution in [0.1, 0.15) is 43.6 Å². The maximum atomic E-state index is 5.04. The van der Waals surface area contributed by atoms with E-state index in [2.05, 4.69) is 15.5 Å². The fourth-order valence-corrected chi connectivity index (χ4v) is 3.95. The van der Waals surface area contributed by atoms with Crippen LogP contribution in [-0.2, 0) is 6.54 Å². The van der Waals surface area contributed by atoms with Gasteiger partial charge in [0.15, 0.2) is 5.17 Å². The Morgan fingerprint density at radius 2 is 2.28 bits per heavy atom. The highest BCUT2D eigenvalue weighted by molar-refractivity contribution is 8.14. The van der Waals surface area contributed by atoms with E-state index < -0.39 is 0 Å². The molecule has 5 heteroatoms. The lowest BCUT2D eigenvalue weighted by atomic mass is 9.83. The van der Waals surface area contributed by atoms with Crippen LogP contribution in [0.15, 0.2) is 15.6 Å². The highest BCUT2D eigenvalue weighted by atomic mass is 32.2. The number of thioether (sulfide) groups is 1. The third-order valence-electron chi connectivity index (χ3n) is 3.73. The lowest BCUT2D eigenvalue weighted by Gasteiger charge is -2.32. The molecule has 4 nitrogen and oxygen atoms in total. The van der Waals surface area contributed by atoms with Crippen molar-refractivity contribution in [3.63, 3.8) is 0 Å². The number of hydrogen-bond acceptors (Lipinski definition) is 4. The van der Waals surface area contributed by atoms with Crippen LogP contribution in [0.2, 0.25) is 0 Å². The molecule has 0 aromatic carbocycles. The van der Waals surface area contributed by atoms with Gasteiger partial charge in [0.2, 0.25) is 0 Å². The fourth-order valence-electron chi connectivity index (χ4n) is 2.73. The fraction of sp³-hybridized carbons (Fsp3) is 0.692. The quantitative estimate of drug-likeness (QED) is 0.893. The minimum Gasteiger partial charge on any atom is -0.361 e. The number of nitrogens with zero attached hydrogens (tertiary/aromatic N) is 2. The van der Waals surface area contributed by atoms with E-state index in [1.165, 1.54) is 37.9 Å². The summed E-state index contributed by atoms with van der Waals surface area (Å²) in [6.07, 6.45) is 6.68. The molecule has 2 fully saturated rings. The van der Waals surface area contributed by atoms with Gasteiger partial charge in [-0.05, 0) is 19.8 Å². The molecule has 98 valence electrons. The number of aromatic nitrogens is 1. The molecule has 1 N–H and O–H groups in total. The van der Waals surface area contributed by atoms with Crippen LogP contribution in [0.5, 0.6) is 0 Å². The van der Waals surface area contributed by atoms with Gasteiger partial charge in [0.25, 0.3) is 0 Å². The van der Waals surface area contributed by atoms with Crippen LogP contribution in [-0.4, -0.2) is 21.6 Å². The van der Waals surface area contributed by atoms with E-state index in [4.69, 9.17) is 4.52 Å². The predicted molar refractivity (Wildman–Crippen MR) is 73.8 cm³/mol. The van der Waals surface area contributed by atoms with Crippen LogP contribution >= 0.6 is 11.8 Å². The molecule has 2 heterocycles. The maximum Gasteiger partial charge on any atom is 0.157 e. The molecule has 0 unspecified atom stereocenters. The number of rotatable bonds is 2. The molecule has 1 saturated carbocycles. The molecule has 1 aromatic rings. The SMILES string of the molecule is Cc1cc(CN=C2NC3(CCCCC3)CS2)no1. The van der Waals surface area contributed by atoms with Gasteiger partial charge in [-0.25, -0.2) is 0 Å². The maximum absolute atomic E-state index is 5.04. The molecule has 0 radical (unpaired) electrons. The molecule has 1 spiro atoms. The minimum atomic E-state index is 0.335. The molecular formula is C13H19N3OS. The Balaban J connectivity index is 1.61. The zero-order chi connectivity index (χ0) is 12.4. The summed E-state index contributed by atoms with van der Waals surface area (Å²) in [6, 6.07) is 1.94. The molecule has 1 aliphatic heterocycles. The summed E-state index contributed by atoms with van der Waals surface area (Å²) in [5.41, 5.74) is 1.24. The van der Waals surface area contributed by atoms with Crippen LogP contribution in [0.4, 0.5) is 0 Å². The summed E-state index contributed by atoms with van der Waals surface area (Å²) >= 11 is 1.85. The first-order chi connectivity index (χ1) is 8.76. The third kappa shape index (κ3) is 2.55. The number of amidine groups is 1. The van der Waals surface area contributed by atoms with Gasteiger partial charge < -0.3 is 9.84 Å². The van der Waals surface area contributed by atoms with E-state index >= 15 is 0 Å². The number of nitrogens with one attached hydrogen (secondary N) is 1. The van der Waals surface area contributed by atoms with Gasteiger partial charge in [-0.15, -0.1) is 0 Å². The molecule has 18 heavy (non-hydrogen) atoms. The summed E-state index contributed by atoms with van der Waals surface area (Å²) in [7, 11) is 0. The smallest absolute Gasteiger partial charge is 0.157 e. The third-order valence-corrected chi connectivity index (χ3v) is 4.93. The van der Waals surface area contributed by atoms with Crippen molar-refractivity contribution in [2.45, 2.75) is 51.1 Å². The van der Waals surface area contributed by atoms with Crippen molar-refractivity contribution in [3.05, 3.63) is 17.5 Å². The summed E-state index contributed by atoms with van der Waals surface area (Å²) in [4.78, 5) is 4.60. The average molecular weight is 265 g/mol. The van der Waals surface area contributed by atoms with Crippen molar-refractivity contribution in [1.29, 1.82) is 0 Å². The molecular weight excluding hydrogens is 246 g/mol. The highest BCUT2D eigenvalue weighted by Gasteiger charge is 2.37. The van der Waals surface area contributed by atoms with Crippen LogP contribution in [0.25, 0.3) is 0 Å². The lowest BCUT2D eigenvalue weighted by Crippen LogP contribution is -2.45. The minimum absolute atomic E-state index is 0.335. The van der Waals surface area contributed by atoms with E-state index in [9.17, 15) is 0 Å². The second-order valence-electron chi connectivity index (χ2n) is 5.30. The van der Waals surface area contributed by atoms with Crippen LogP contribution in [0.3, 0.4) is 0 Å².